The molecule has 0 aliphatic rings. The van der Waals surface area contributed by atoms with Gasteiger partial charge in [0.1, 0.15) is 0 Å². The van der Waals surface area contributed by atoms with Gasteiger partial charge in [-0.25, -0.2) is 4.39 Å². The third-order valence-corrected chi connectivity index (χ3v) is 5.78. The normalized spacial score (nSPS) is 12.4. The fourth-order valence-corrected chi connectivity index (χ4v) is 3.82. The van der Waals surface area contributed by atoms with E-state index in [1.54, 1.807) is 24.4 Å². The summed E-state index contributed by atoms with van der Waals surface area (Å²) in [5.41, 5.74) is 0.983. The minimum absolute atomic E-state index is 0.0703. The largest absolute Gasteiger partial charge is 0.435 e. The summed E-state index contributed by atoms with van der Waals surface area (Å²) in [5.74, 6) is 0. The Morgan fingerprint density at radius 3 is 2.16 bits per heavy atom. The van der Waals surface area contributed by atoms with Crippen molar-refractivity contribution in [2.24, 2.45) is 5.73 Å². The Morgan fingerprint density at radius 2 is 1.63 bits per heavy atom. The number of rotatable bonds is 11. The van der Waals surface area contributed by atoms with E-state index in [-0.39, 0.29) is 16.8 Å². The van der Waals surface area contributed by atoms with Gasteiger partial charge in [0, 0.05) is 49.0 Å². The molecule has 2 aromatic rings. The molecule has 0 aromatic heterocycles. The molecule has 0 spiro atoms. The van der Waals surface area contributed by atoms with Crippen LogP contribution in [0, 0.1) is 6.92 Å². The SMILES string of the molecule is C=C/C=C\N(C)c1ccc(C(=C)Nc2c(C)cc(C(F)(C(F)(F)F)C(F)(F)F)cc2CN)cc1CNC=C. The molecule has 11 heteroatoms. The lowest BCUT2D eigenvalue weighted by Crippen LogP contribution is -2.50. The van der Waals surface area contributed by atoms with E-state index >= 15 is 0 Å². The molecule has 4 nitrogen and oxygen atoms in total. The van der Waals surface area contributed by atoms with Gasteiger partial charge in [0.05, 0.1) is 0 Å². The summed E-state index contributed by atoms with van der Waals surface area (Å²) in [6.45, 7) is 12.4. The Labute approximate surface area is 217 Å². The highest BCUT2D eigenvalue weighted by Crippen LogP contribution is 2.54. The molecular formula is C27H29F7N4. The number of aryl methyl sites for hydroxylation is 1. The fraction of sp³-hybridized carbons (Fsp3) is 0.259. The van der Waals surface area contributed by atoms with Crippen LogP contribution in [0.4, 0.5) is 42.1 Å². The highest BCUT2D eigenvalue weighted by Gasteiger charge is 2.73. The van der Waals surface area contributed by atoms with Gasteiger partial charge in [-0.05, 0) is 59.7 Å². The first-order chi connectivity index (χ1) is 17.6. The number of allylic oxidation sites excluding steroid dienone is 2. The highest BCUT2D eigenvalue weighted by atomic mass is 19.4. The van der Waals surface area contributed by atoms with Crippen molar-refractivity contribution < 1.29 is 30.7 Å². The van der Waals surface area contributed by atoms with Crippen molar-refractivity contribution in [3.05, 3.63) is 102 Å². The van der Waals surface area contributed by atoms with Crippen LogP contribution in [0.15, 0.2) is 74.6 Å². The third kappa shape index (κ3) is 6.21. The lowest BCUT2D eigenvalue weighted by Gasteiger charge is -2.31. The average Bonchev–Trinajstić information content (AvgIpc) is 2.84. The number of hydrogen-bond donors (Lipinski definition) is 3. The highest BCUT2D eigenvalue weighted by molar-refractivity contribution is 5.80. The van der Waals surface area contributed by atoms with Crippen LogP contribution < -0.4 is 21.3 Å². The average molecular weight is 543 g/mol. The summed E-state index contributed by atoms with van der Waals surface area (Å²) < 4.78 is 94.4. The first-order valence-electron chi connectivity index (χ1n) is 11.2. The van der Waals surface area contributed by atoms with E-state index in [0.29, 0.717) is 29.9 Å². The zero-order valence-corrected chi connectivity index (χ0v) is 20.9. The van der Waals surface area contributed by atoms with Crippen molar-refractivity contribution in [2.45, 2.75) is 38.0 Å². The predicted octanol–water partition coefficient (Wildman–Crippen LogP) is 7.19. The van der Waals surface area contributed by atoms with E-state index in [9.17, 15) is 30.7 Å². The molecule has 0 saturated carbocycles. The number of benzene rings is 2. The molecule has 0 bridgehead atoms. The van der Waals surface area contributed by atoms with Crippen molar-refractivity contribution >= 4 is 17.1 Å². The minimum Gasteiger partial charge on any atom is -0.387 e. The molecule has 38 heavy (non-hydrogen) atoms. The molecule has 206 valence electrons. The molecule has 0 aliphatic heterocycles. The third-order valence-electron chi connectivity index (χ3n) is 5.78. The molecule has 0 aliphatic carbocycles. The molecule has 0 amide bonds. The predicted molar refractivity (Wildman–Crippen MR) is 138 cm³/mol. The molecule has 0 fully saturated rings. The van der Waals surface area contributed by atoms with Gasteiger partial charge in [-0.1, -0.05) is 37.9 Å². The van der Waals surface area contributed by atoms with Crippen molar-refractivity contribution in [1.29, 1.82) is 0 Å². The monoisotopic (exact) mass is 542 g/mol. The number of anilines is 2. The van der Waals surface area contributed by atoms with E-state index in [1.807, 2.05) is 24.1 Å². The van der Waals surface area contributed by atoms with Crippen LogP contribution in [-0.4, -0.2) is 19.4 Å². The molecule has 0 unspecified atom stereocenters. The smallest absolute Gasteiger partial charge is 0.387 e. The van der Waals surface area contributed by atoms with Gasteiger partial charge < -0.3 is 21.3 Å². The van der Waals surface area contributed by atoms with Gasteiger partial charge in [-0.15, -0.1) is 0 Å². The van der Waals surface area contributed by atoms with Crippen molar-refractivity contribution in [2.75, 3.05) is 17.3 Å². The van der Waals surface area contributed by atoms with Crippen LogP contribution in [-0.2, 0) is 18.8 Å². The number of alkyl halides is 7. The Morgan fingerprint density at radius 1 is 1.00 bits per heavy atom. The van der Waals surface area contributed by atoms with Gasteiger partial charge >= 0.3 is 18.0 Å². The minimum atomic E-state index is -6.23. The van der Waals surface area contributed by atoms with Crippen LogP contribution in [0.25, 0.3) is 5.70 Å². The van der Waals surface area contributed by atoms with Crippen LogP contribution in [0.1, 0.15) is 27.8 Å². The quantitative estimate of drug-likeness (QED) is 0.208. The first kappa shape index (κ1) is 30.5. The van der Waals surface area contributed by atoms with Crippen molar-refractivity contribution in [3.63, 3.8) is 0 Å². The van der Waals surface area contributed by atoms with Crippen molar-refractivity contribution in [3.8, 4) is 0 Å². The number of halogens is 7. The first-order valence-corrected chi connectivity index (χ1v) is 11.2. The van der Waals surface area contributed by atoms with E-state index in [4.69, 9.17) is 5.73 Å². The molecule has 0 heterocycles. The van der Waals surface area contributed by atoms with Gasteiger partial charge in [0.25, 0.3) is 0 Å². The summed E-state index contributed by atoms with van der Waals surface area (Å²) in [6, 6.07) is 6.36. The van der Waals surface area contributed by atoms with E-state index in [2.05, 4.69) is 30.4 Å². The second-order valence-electron chi connectivity index (χ2n) is 8.41. The number of nitrogens with one attached hydrogen (secondary N) is 2. The Kier molecular flexibility index (Phi) is 9.44. The van der Waals surface area contributed by atoms with E-state index in [1.165, 1.54) is 13.1 Å². The maximum Gasteiger partial charge on any atom is 0.435 e. The summed E-state index contributed by atoms with van der Waals surface area (Å²) in [4.78, 5) is 1.86. The van der Waals surface area contributed by atoms with Gasteiger partial charge in [0.15, 0.2) is 0 Å². The number of hydrogen-bond acceptors (Lipinski definition) is 4. The lowest BCUT2D eigenvalue weighted by molar-refractivity contribution is -0.348. The second kappa shape index (κ2) is 11.8. The Balaban J connectivity index is 2.52. The molecular weight excluding hydrogens is 513 g/mol. The van der Waals surface area contributed by atoms with Crippen molar-refractivity contribution in [1.82, 2.24) is 5.32 Å². The summed E-state index contributed by atoms with van der Waals surface area (Å²) in [7, 11) is 1.84. The maximum absolute atomic E-state index is 14.7. The van der Waals surface area contributed by atoms with Gasteiger partial charge in [-0.2, -0.15) is 26.3 Å². The number of nitrogens with two attached hydrogens (primary N) is 1. The Hall–Kier alpha value is -3.73. The lowest BCUT2D eigenvalue weighted by atomic mass is 9.90. The molecule has 2 aromatic carbocycles. The molecule has 0 radical (unpaired) electrons. The zero-order valence-electron chi connectivity index (χ0n) is 20.9. The zero-order chi connectivity index (χ0) is 28.9. The molecule has 2 rings (SSSR count). The van der Waals surface area contributed by atoms with E-state index in [0.717, 1.165) is 11.3 Å². The fourth-order valence-electron chi connectivity index (χ4n) is 3.82. The number of nitrogens with zero attached hydrogens (tertiary/aromatic N) is 1. The second-order valence-corrected chi connectivity index (χ2v) is 8.41. The molecule has 4 N–H and O–H groups in total. The van der Waals surface area contributed by atoms with E-state index < -0.39 is 30.1 Å². The summed E-state index contributed by atoms with van der Waals surface area (Å²) in [6.07, 6.45) is -5.76. The van der Waals surface area contributed by atoms with Crippen LogP contribution in [0.2, 0.25) is 0 Å². The van der Waals surface area contributed by atoms with Crippen LogP contribution in [0.5, 0.6) is 0 Å². The van der Waals surface area contributed by atoms with Crippen LogP contribution in [0.3, 0.4) is 0 Å². The Bertz CT molecular complexity index is 1200. The topological polar surface area (TPSA) is 53.3 Å². The molecule has 0 atom stereocenters. The standard InChI is InChI=1S/C27H29F7N4/c1-6-8-11-38(5)23-10-9-19(13-21(23)16-36-7-2)18(4)37-24-17(3)12-22(14-20(24)15-35)25(28,26(29,30)31)27(32,33)34/h6-14,36-37H,1-2,4,15-16,35H2,3,5H3/b11-8-. The summed E-state index contributed by atoms with van der Waals surface area (Å²) >= 11 is 0. The summed E-state index contributed by atoms with van der Waals surface area (Å²) in [5, 5.41) is 5.94. The maximum atomic E-state index is 14.7. The van der Waals surface area contributed by atoms with Gasteiger partial charge in [-0.3, -0.25) is 0 Å². The molecule has 0 saturated heterocycles. The van der Waals surface area contributed by atoms with Crippen LogP contribution >= 0.6 is 0 Å². The van der Waals surface area contributed by atoms with Gasteiger partial charge in [0.2, 0.25) is 0 Å².